The van der Waals surface area contributed by atoms with Crippen molar-refractivity contribution in [2.24, 2.45) is 0 Å². The molecule has 0 amide bonds. The highest BCUT2D eigenvalue weighted by Gasteiger charge is 2.15. The van der Waals surface area contributed by atoms with Gasteiger partial charge < -0.3 is 10.1 Å². The van der Waals surface area contributed by atoms with E-state index in [-0.39, 0.29) is 0 Å². The molecule has 0 aliphatic rings. The van der Waals surface area contributed by atoms with Gasteiger partial charge in [0.05, 0.1) is 17.3 Å². The summed E-state index contributed by atoms with van der Waals surface area (Å²) in [6.45, 7) is 6.74. The van der Waals surface area contributed by atoms with Crippen molar-refractivity contribution in [2.45, 2.75) is 32.9 Å². The Bertz CT molecular complexity index is 387. The van der Waals surface area contributed by atoms with Crippen LogP contribution in [0.1, 0.15) is 26.0 Å². The van der Waals surface area contributed by atoms with E-state index in [0.29, 0.717) is 17.7 Å². The normalized spacial score (nSPS) is 12.7. The zero-order valence-corrected chi connectivity index (χ0v) is 13.0. The molecule has 1 atom stereocenters. The van der Waals surface area contributed by atoms with Crippen LogP contribution in [0, 0.1) is 0 Å². The van der Waals surface area contributed by atoms with Gasteiger partial charge in [-0.3, -0.25) is 4.90 Å². The maximum Gasteiger partial charge on any atom is 0.126 e. The van der Waals surface area contributed by atoms with Crippen LogP contribution in [-0.4, -0.2) is 43.2 Å². The summed E-state index contributed by atoms with van der Waals surface area (Å²) in [6, 6.07) is 4.25. The molecule has 0 saturated carbocycles. The first-order chi connectivity index (χ1) is 9.12. The molecule has 0 saturated heterocycles. The average Bonchev–Trinajstić information content (AvgIpc) is 2.44. The molecule has 0 aromatic carbocycles. The number of halogens is 1. The molecule has 0 aliphatic carbocycles. The van der Waals surface area contributed by atoms with Gasteiger partial charge in [0.15, 0.2) is 0 Å². The van der Waals surface area contributed by atoms with E-state index in [1.54, 1.807) is 7.11 Å². The van der Waals surface area contributed by atoms with Gasteiger partial charge in [0.1, 0.15) is 5.82 Å². The predicted molar refractivity (Wildman–Crippen MR) is 80.8 cm³/mol. The number of hydrogen-bond acceptors (Lipinski definition) is 4. The van der Waals surface area contributed by atoms with E-state index in [0.717, 1.165) is 31.0 Å². The Balaban J connectivity index is 2.82. The van der Waals surface area contributed by atoms with Crippen LogP contribution < -0.4 is 5.32 Å². The minimum absolute atomic E-state index is 0.478. The van der Waals surface area contributed by atoms with E-state index in [1.165, 1.54) is 0 Å². The lowest BCUT2D eigenvalue weighted by Gasteiger charge is -2.28. The van der Waals surface area contributed by atoms with Crippen LogP contribution >= 0.6 is 11.6 Å². The van der Waals surface area contributed by atoms with Crippen LogP contribution in [0.15, 0.2) is 12.1 Å². The number of rotatable bonds is 8. The second-order valence-electron chi connectivity index (χ2n) is 4.60. The third kappa shape index (κ3) is 4.97. The summed E-state index contributed by atoms with van der Waals surface area (Å²) in [5.74, 6) is 0.843. The van der Waals surface area contributed by atoms with Crippen LogP contribution in [0.25, 0.3) is 0 Å². The Labute approximate surface area is 121 Å². The first-order valence-electron chi connectivity index (χ1n) is 6.68. The van der Waals surface area contributed by atoms with Gasteiger partial charge in [-0.25, -0.2) is 4.98 Å². The van der Waals surface area contributed by atoms with Gasteiger partial charge in [-0.1, -0.05) is 18.5 Å². The van der Waals surface area contributed by atoms with Crippen molar-refractivity contribution in [3.8, 4) is 0 Å². The molecular formula is C14H24ClN3O. The van der Waals surface area contributed by atoms with Gasteiger partial charge in [0, 0.05) is 33.3 Å². The topological polar surface area (TPSA) is 37.4 Å². The first kappa shape index (κ1) is 16.2. The fourth-order valence-electron chi connectivity index (χ4n) is 1.85. The fraction of sp³-hybridized carbons (Fsp3) is 0.643. The zero-order valence-electron chi connectivity index (χ0n) is 12.2. The van der Waals surface area contributed by atoms with Crippen molar-refractivity contribution >= 4 is 17.4 Å². The smallest absolute Gasteiger partial charge is 0.126 e. The minimum Gasteiger partial charge on any atom is -0.383 e. The maximum absolute atomic E-state index is 6.23. The van der Waals surface area contributed by atoms with Crippen molar-refractivity contribution in [1.29, 1.82) is 0 Å². The van der Waals surface area contributed by atoms with Crippen molar-refractivity contribution < 1.29 is 4.74 Å². The number of hydrogen-bond donors (Lipinski definition) is 1. The number of methoxy groups -OCH3 is 1. The lowest BCUT2D eigenvalue weighted by atomic mass is 10.2. The van der Waals surface area contributed by atoms with Crippen molar-refractivity contribution in [1.82, 2.24) is 9.88 Å². The summed E-state index contributed by atoms with van der Waals surface area (Å²) in [5, 5.41) is 3.75. The number of ether oxygens (including phenoxy) is 1. The van der Waals surface area contributed by atoms with Crippen LogP contribution in [0.5, 0.6) is 0 Å². The molecule has 1 aromatic heterocycles. The number of nitrogens with one attached hydrogen (secondary N) is 1. The summed E-state index contributed by atoms with van der Waals surface area (Å²) < 4.78 is 5.17. The third-order valence-corrected chi connectivity index (χ3v) is 3.67. The van der Waals surface area contributed by atoms with E-state index >= 15 is 0 Å². The Hall–Kier alpha value is -0.840. The molecule has 4 nitrogen and oxygen atoms in total. The third-order valence-electron chi connectivity index (χ3n) is 3.32. The average molecular weight is 286 g/mol. The van der Waals surface area contributed by atoms with Gasteiger partial charge >= 0.3 is 0 Å². The van der Waals surface area contributed by atoms with Crippen LogP contribution in [-0.2, 0) is 11.3 Å². The summed E-state index contributed by atoms with van der Waals surface area (Å²) in [7, 11) is 3.58. The second-order valence-corrected chi connectivity index (χ2v) is 5.00. The predicted octanol–water partition coefficient (Wildman–Crippen LogP) is 3.02. The Morgan fingerprint density at radius 2 is 2.21 bits per heavy atom. The van der Waals surface area contributed by atoms with Gasteiger partial charge in [-0.2, -0.15) is 0 Å². The minimum atomic E-state index is 0.478. The maximum atomic E-state index is 6.23. The van der Waals surface area contributed by atoms with Gasteiger partial charge in [-0.05, 0) is 25.5 Å². The van der Waals surface area contributed by atoms with Crippen LogP contribution in [0.3, 0.4) is 0 Å². The Kier molecular flexibility index (Phi) is 7.13. The molecule has 0 spiro atoms. The Morgan fingerprint density at radius 3 is 2.79 bits per heavy atom. The summed E-state index contributed by atoms with van der Waals surface area (Å²) >= 11 is 6.23. The molecule has 108 valence electrons. The molecule has 0 fully saturated rings. The largest absolute Gasteiger partial charge is 0.383 e. The lowest BCUT2D eigenvalue weighted by molar-refractivity contribution is 0.117. The van der Waals surface area contributed by atoms with E-state index < -0.39 is 0 Å². The van der Waals surface area contributed by atoms with E-state index in [2.05, 4.69) is 29.0 Å². The quantitative estimate of drug-likeness (QED) is 0.797. The van der Waals surface area contributed by atoms with Gasteiger partial charge in [0.2, 0.25) is 0 Å². The summed E-state index contributed by atoms with van der Waals surface area (Å²) in [6.07, 6.45) is 1.09. The number of anilines is 1. The second kappa shape index (κ2) is 8.35. The summed E-state index contributed by atoms with van der Waals surface area (Å²) in [4.78, 5) is 6.87. The summed E-state index contributed by atoms with van der Waals surface area (Å²) in [5.41, 5.74) is 0.907. The highest BCUT2D eigenvalue weighted by Crippen LogP contribution is 2.19. The number of pyridine rings is 1. The van der Waals surface area contributed by atoms with Crippen molar-refractivity contribution in [3.05, 3.63) is 22.8 Å². The zero-order chi connectivity index (χ0) is 14.3. The highest BCUT2D eigenvalue weighted by atomic mass is 35.5. The first-order valence-corrected chi connectivity index (χ1v) is 7.06. The number of aromatic nitrogens is 1. The number of nitrogens with zero attached hydrogens (tertiary/aromatic N) is 2. The van der Waals surface area contributed by atoms with Gasteiger partial charge in [0.25, 0.3) is 0 Å². The Morgan fingerprint density at radius 1 is 1.47 bits per heavy atom. The van der Waals surface area contributed by atoms with E-state index in [4.69, 9.17) is 16.3 Å². The van der Waals surface area contributed by atoms with E-state index in [9.17, 15) is 0 Å². The van der Waals surface area contributed by atoms with Crippen LogP contribution in [0.2, 0.25) is 5.02 Å². The van der Waals surface area contributed by atoms with Crippen LogP contribution in [0.4, 0.5) is 5.82 Å². The molecule has 19 heavy (non-hydrogen) atoms. The van der Waals surface area contributed by atoms with E-state index in [1.807, 2.05) is 19.2 Å². The molecule has 0 bridgehead atoms. The van der Waals surface area contributed by atoms with Gasteiger partial charge in [-0.15, -0.1) is 0 Å². The molecule has 0 aliphatic heterocycles. The molecule has 1 aromatic rings. The lowest BCUT2D eigenvalue weighted by Crippen LogP contribution is -2.35. The molecule has 1 rings (SSSR count). The standard InChI is InChI=1S/C14H24ClN3O/c1-5-11(2)18(8-9-19-4)10-13-12(15)6-7-14(16-3)17-13/h6-7,11H,5,8-10H2,1-4H3,(H,16,17). The molecule has 5 heteroatoms. The monoisotopic (exact) mass is 285 g/mol. The molecule has 1 unspecified atom stereocenters. The van der Waals surface area contributed by atoms with Crippen molar-refractivity contribution in [3.63, 3.8) is 0 Å². The molecule has 0 radical (unpaired) electrons. The van der Waals surface area contributed by atoms with Crippen molar-refractivity contribution in [2.75, 3.05) is 32.6 Å². The molecule has 1 heterocycles. The molecule has 1 N–H and O–H groups in total. The fourth-order valence-corrected chi connectivity index (χ4v) is 2.01. The highest BCUT2D eigenvalue weighted by molar-refractivity contribution is 6.31. The molecular weight excluding hydrogens is 262 g/mol. The SMILES string of the molecule is CCC(C)N(CCOC)Cc1nc(NC)ccc1Cl.